The number of rotatable bonds is 8. The van der Waals surface area contributed by atoms with Crippen LogP contribution in [0.4, 0.5) is 0 Å². The van der Waals surface area contributed by atoms with Crippen LogP contribution in [0.25, 0.3) is 10.9 Å². The van der Waals surface area contributed by atoms with Gasteiger partial charge in [-0.15, -0.1) is 4.68 Å². The Morgan fingerprint density at radius 1 is 1.19 bits per heavy atom. The van der Waals surface area contributed by atoms with E-state index >= 15 is 0 Å². The molecule has 3 rings (SSSR count). The molecule has 10 heteroatoms. The second-order valence-electron chi connectivity index (χ2n) is 6.92. The molecule has 0 aliphatic heterocycles. The van der Waals surface area contributed by atoms with Crippen LogP contribution in [0, 0.1) is 0 Å². The molecule has 0 fully saturated rings. The largest absolute Gasteiger partial charge is 0.490 e. The molecule has 3 aromatic rings. The Labute approximate surface area is 191 Å². The van der Waals surface area contributed by atoms with Crippen LogP contribution >= 0.6 is 15.9 Å². The first-order chi connectivity index (χ1) is 15.3. The van der Waals surface area contributed by atoms with Crippen molar-refractivity contribution in [3.05, 3.63) is 67.3 Å². The molecular formula is C22H22BrN3O6. The molecule has 1 heterocycles. The number of nitrogens with zero attached hydrogens (tertiary/aromatic N) is 2. The molecule has 1 N–H and O–H groups in total. The van der Waals surface area contributed by atoms with Gasteiger partial charge in [-0.25, -0.2) is 9.59 Å². The van der Waals surface area contributed by atoms with E-state index in [1.807, 2.05) is 0 Å². The number of H-pyrrole nitrogens is 1. The monoisotopic (exact) mass is 503 g/mol. The summed E-state index contributed by atoms with van der Waals surface area (Å²) >= 11 is 3.41. The van der Waals surface area contributed by atoms with Gasteiger partial charge in [0, 0.05) is 10.0 Å². The van der Waals surface area contributed by atoms with Crippen molar-refractivity contribution < 1.29 is 19.0 Å². The minimum Gasteiger partial charge on any atom is -0.490 e. The maximum absolute atomic E-state index is 12.6. The fourth-order valence-electron chi connectivity index (χ4n) is 2.84. The molecule has 1 aromatic heterocycles. The number of halogens is 1. The summed E-state index contributed by atoms with van der Waals surface area (Å²) in [6.07, 6.45) is 1.11. The summed E-state index contributed by atoms with van der Waals surface area (Å²) < 4.78 is 17.5. The van der Waals surface area contributed by atoms with Crippen molar-refractivity contribution in [3.8, 4) is 11.5 Å². The standard InChI is InChI=1S/C22H22BrN3O6/c1-4-30-18-9-14(16(23)10-19(18)31-12-20(27)32-13(2)3)11-24-26-21(28)15-7-5-6-8-17(15)25-22(26)29/h5-11,13H,4,12H2,1-3H3,(H,25,29). The Morgan fingerprint density at radius 2 is 1.91 bits per heavy atom. The lowest BCUT2D eigenvalue weighted by Crippen LogP contribution is -2.32. The van der Waals surface area contributed by atoms with E-state index in [0.29, 0.717) is 39.0 Å². The maximum atomic E-state index is 12.6. The third-order valence-electron chi connectivity index (χ3n) is 4.17. The molecule has 168 valence electrons. The summed E-state index contributed by atoms with van der Waals surface area (Å²) in [6.45, 7) is 5.38. The number of carbonyl (C=O) groups is 1. The number of esters is 1. The van der Waals surface area contributed by atoms with Gasteiger partial charge in [0.05, 0.1) is 29.8 Å². The van der Waals surface area contributed by atoms with Crippen molar-refractivity contribution >= 4 is 39.0 Å². The van der Waals surface area contributed by atoms with Crippen molar-refractivity contribution in [2.75, 3.05) is 13.2 Å². The van der Waals surface area contributed by atoms with Gasteiger partial charge < -0.3 is 19.2 Å². The first-order valence-corrected chi connectivity index (χ1v) is 10.7. The first kappa shape index (κ1) is 23.3. The number of hydrogen-bond acceptors (Lipinski definition) is 7. The molecule has 32 heavy (non-hydrogen) atoms. The zero-order valence-corrected chi connectivity index (χ0v) is 19.3. The molecule has 9 nitrogen and oxygen atoms in total. The normalized spacial score (nSPS) is 11.3. The maximum Gasteiger partial charge on any atom is 0.349 e. The van der Waals surface area contributed by atoms with Gasteiger partial charge in [-0.3, -0.25) is 4.79 Å². The number of para-hydroxylation sites is 1. The number of hydrogen-bond donors (Lipinski definition) is 1. The molecule has 0 spiro atoms. The van der Waals surface area contributed by atoms with Crippen LogP contribution in [0.5, 0.6) is 11.5 Å². The highest BCUT2D eigenvalue weighted by Crippen LogP contribution is 2.33. The van der Waals surface area contributed by atoms with E-state index in [0.717, 1.165) is 4.68 Å². The third-order valence-corrected chi connectivity index (χ3v) is 4.86. The molecule has 2 aromatic carbocycles. The fraction of sp³-hybridized carbons (Fsp3) is 0.273. The summed E-state index contributed by atoms with van der Waals surface area (Å²) in [7, 11) is 0. The number of aromatic nitrogens is 2. The van der Waals surface area contributed by atoms with Crippen molar-refractivity contribution in [2.24, 2.45) is 5.10 Å². The molecule has 0 atom stereocenters. The molecule has 0 saturated heterocycles. The number of carbonyl (C=O) groups excluding carboxylic acids is 1. The molecule has 0 aliphatic rings. The number of nitrogens with one attached hydrogen (secondary N) is 1. The van der Waals surface area contributed by atoms with E-state index in [2.05, 4.69) is 26.0 Å². The van der Waals surface area contributed by atoms with E-state index < -0.39 is 17.2 Å². The summed E-state index contributed by atoms with van der Waals surface area (Å²) in [6, 6.07) is 9.93. The van der Waals surface area contributed by atoms with Crippen LogP contribution in [0.2, 0.25) is 0 Å². The average Bonchev–Trinajstić information content (AvgIpc) is 2.74. The third kappa shape index (κ3) is 5.44. The lowest BCUT2D eigenvalue weighted by atomic mass is 10.2. The minimum atomic E-state index is -0.658. The number of fused-ring (bicyclic) bond motifs is 1. The molecule has 0 aliphatic carbocycles. The number of benzene rings is 2. The van der Waals surface area contributed by atoms with E-state index in [-0.39, 0.29) is 12.7 Å². The molecule has 0 radical (unpaired) electrons. The van der Waals surface area contributed by atoms with Crippen molar-refractivity contribution in [3.63, 3.8) is 0 Å². The Morgan fingerprint density at radius 3 is 2.62 bits per heavy atom. The van der Waals surface area contributed by atoms with E-state index in [4.69, 9.17) is 14.2 Å². The lowest BCUT2D eigenvalue weighted by molar-refractivity contribution is -0.149. The molecule has 0 bridgehead atoms. The van der Waals surface area contributed by atoms with Crippen LogP contribution in [0.15, 0.2) is 55.6 Å². The van der Waals surface area contributed by atoms with Gasteiger partial charge in [-0.05, 0) is 61.0 Å². The number of aromatic amines is 1. The van der Waals surface area contributed by atoms with E-state index in [1.54, 1.807) is 57.2 Å². The lowest BCUT2D eigenvalue weighted by Gasteiger charge is -2.14. The van der Waals surface area contributed by atoms with Gasteiger partial charge in [-0.1, -0.05) is 12.1 Å². The first-order valence-electron chi connectivity index (χ1n) is 9.87. The van der Waals surface area contributed by atoms with Gasteiger partial charge >= 0.3 is 11.7 Å². The van der Waals surface area contributed by atoms with Gasteiger partial charge in [-0.2, -0.15) is 5.10 Å². The molecule has 0 amide bonds. The van der Waals surface area contributed by atoms with Gasteiger partial charge in [0.15, 0.2) is 18.1 Å². The van der Waals surface area contributed by atoms with Crippen molar-refractivity contribution in [1.29, 1.82) is 0 Å². The predicted molar refractivity (Wildman–Crippen MR) is 124 cm³/mol. The van der Waals surface area contributed by atoms with Crippen LogP contribution in [-0.2, 0) is 9.53 Å². The molecule has 0 saturated carbocycles. The second kappa shape index (κ2) is 10.3. The zero-order valence-electron chi connectivity index (χ0n) is 17.8. The Balaban J connectivity index is 1.92. The summed E-state index contributed by atoms with van der Waals surface area (Å²) in [4.78, 5) is 39.3. The topological polar surface area (TPSA) is 112 Å². The molecule has 0 unspecified atom stereocenters. The van der Waals surface area contributed by atoms with Gasteiger partial charge in [0.1, 0.15) is 0 Å². The quantitative estimate of drug-likeness (QED) is 0.373. The summed E-state index contributed by atoms with van der Waals surface area (Å²) in [5.74, 6) is 0.200. The number of ether oxygens (including phenoxy) is 3. The zero-order chi connectivity index (χ0) is 23.3. The van der Waals surface area contributed by atoms with Crippen LogP contribution < -0.4 is 20.7 Å². The highest BCUT2D eigenvalue weighted by atomic mass is 79.9. The Kier molecular flexibility index (Phi) is 7.47. The molecular weight excluding hydrogens is 482 g/mol. The SMILES string of the molecule is CCOc1cc(C=Nn2c(=O)[nH]c3ccccc3c2=O)c(Br)cc1OCC(=O)OC(C)C. The van der Waals surface area contributed by atoms with Crippen molar-refractivity contribution in [2.45, 2.75) is 26.9 Å². The second-order valence-corrected chi connectivity index (χ2v) is 7.77. The van der Waals surface area contributed by atoms with Gasteiger partial charge in [0.2, 0.25) is 0 Å². The summed E-state index contributed by atoms with van der Waals surface area (Å²) in [5, 5.41) is 4.40. The van der Waals surface area contributed by atoms with E-state index in [9.17, 15) is 14.4 Å². The highest BCUT2D eigenvalue weighted by Gasteiger charge is 2.14. The fourth-order valence-corrected chi connectivity index (χ4v) is 3.27. The Hall–Kier alpha value is -3.40. The smallest absolute Gasteiger partial charge is 0.349 e. The minimum absolute atomic E-state index is 0.246. The Bertz CT molecular complexity index is 1280. The highest BCUT2D eigenvalue weighted by molar-refractivity contribution is 9.10. The van der Waals surface area contributed by atoms with Gasteiger partial charge in [0.25, 0.3) is 5.56 Å². The van der Waals surface area contributed by atoms with Crippen LogP contribution in [-0.4, -0.2) is 41.2 Å². The predicted octanol–water partition coefficient (Wildman–Crippen LogP) is 3.06. The van der Waals surface area contributed by atoms with Crippen LogP contribution in [0.1, 0.15) is 26.3 Å². The average molecular weight is 504 g/mol. The van der Waals surface area contributed by atoms with E-state index in [1.165, 1.54) is 6.21 Å². The van der Waals surface area contributed by atoms with Crippen LogP contribution in [0.3, 0.4) is 0 Å². The summed E-state index contributed by atoms with van der Waals surface area (Å²) in [5.41, 5.74) is -0.226. The van der Waals surface area contributed by atoms with Crippen molar-refractivity contribution in [1.82, 2.24) is 9.66 Å².